The molecule has 0 aliphatic rings. The van der Waals surface area contributed by atoms with E-state index in [1.807, 2.05) is 65.1 Å². The van der Waals surface area contributed by atoms with E-state index in [2.05, 4.69) is 53.8 Å². The van der Waals surface area contributed by atoms with Gasteiger partial charge in [-0.2, -0.15) is 0 Å². The van der Waals surface area contributed by atoms with E-state index in [9.17, 15) is 4.79 Å². The van der Waals surface area contributed by atoms with E-state index in [1.165, 1.54) is 23.1 Å². The third-order valence-electron chi connectivity index (χ3n) is 4.63. The van der Waals surface area contributed by atoms with Gasteiger partial charge in [-0.25, -0.2) is 4.79 Å². The normalized spacial score (nSPS) is 8.97. The Bertz CT molecular complexity index is 692. The lowest BCUT2D eigenvalue weighted by molar-refractivity contribution is 0.258. The molecular formula is C26H44N2O. The maximum Gasteiger partial charge on any atom is 0.326 e. The van der Waals surface area contributed by atoms with Crippen molar-refractivity contribution in [2.24, 2.45) is 0 Å². The summed E-state index contributed by atoms with van der Waals surface area (Å²) in [5.41, 5.74) is 7.91. The summed E-state index contributed by atoms with van der Waals surface area (Å²) in [7, 11) is 1.82. The molecule has 0 aliphatic heterocycles. The molecule has 0 saturated heterocycles. The minimum absolute atomic E-state index is 0.125. The third kappa shape index (κ3) is 8.31. The van der Waals surface area contributed by atoms with Crippen LogP contribution in [-0.4, -0.2) is 13.1 Å². The van der Waals surface area contributed by atoms with E-state index in [1.54, 1.807) is 4.90 Å². The van der Waals surface area contributed by atoms with E-state index >= 15 is 0 Å². The zero-order valence-corrected chi connectivity index (χ0v) is 20.9. The van der Waals surface area contributed by atoms with Gasteiger partial charge < -0.3 is 5.32 Å². The Kier molecular flexibility index (Phi) is 15.6. The first-order valence-corrected chi connectivity index (χ1v) is 10.9. The van der Waals surface area contributed by atoms with Gasteiger partial charge in [-0.15, -0.1) is 0 Å². The number of benzene rings is 2. The molecule has 2 aromatic carbocycles. The van der Waals surface area contributed by atoms with Crippen molar-refractivity contribution in [3.8, 4) is 0 Å². The summed E-state index contributed by atoms with van der Waals surface area (Å²) in [6, 6.07) is 9.40. The van der Waals surface area contributed by atoms with Crippen LogP contribution in [0.15, 0.2) is 30.3 Å². The summed E-state index contributed by atoms with van der Waals surface area (Å²) in [6.07, 6.45) is 1.25. The molecule has 2 rings (SSSR count). The van der Waals surface area contributed by atoms with Gasteiger partial charge >= 0.3 is 6.03 Å². The SMILES string of the molecule is CC.CC.CCC.Cc1c(C)c(C)c(N(C)C(=O)Nc2ccccc2)c(C)c1C. The first kappa shape index (κ1) is 28.9. The lowest BCUT2D eigenvalue weighted by atomic mass is 9.92. The molecule has 2 aromatic rings. The number of hydrogen-bond donors (Lipinski definition) is 1. The summed E-state index contributed by atoms with van der Waals surface area (Å²) in [4.78, 5) is 14.2. The second-order valence-electron chi connectivity index (χ2n) is 6.54. The summed E-state index contributed by atoms with van der Waals surface area (Å²) >= 11 is 0. The summed E-state index contributed by atoms with van der Waals surface area (Å²) in [5, 5.41) is 2.94. The molecule has 0 saturated carbocycles. The van der Waals surface area contributed by atoms with Crippen molar-refractivity contribution in [2.75, 3.05) is 17.3 Å². The van der Waals surface area contributed by atoms with Gasteiger partial charge in [-0.3, -0.25) is 4.90 Å². The number of hydrogen-bond acceptors (Lipinski definition) is 1. The lowest BCUT2D eigenvalue weighted by Crippen LogP contribution is -2.32. The van der Waals surface area contributed by atoms with E-state index in [0.29, 0.717) is 0 Å². The minimum Gasteiger partial charge on any atom is -0.308 e. The predicted octanol–water partition coefficient (Wildman–Crippen LogP) is 8.37. The second kappa shape index (κ2) is 15.6. The number of rotatable bonds is 2. The smallest absolute Gasteiger partial charge is 0.308 e. The average molecular weight is 401 g/mol. The zero-order valence-electron chi connectivity index (χ0n) is 20.9. The van der Waals surface area contributed by atoms with Gasteiger partial charge in [0.25, 0.3) is 0 Å². The first-order chi connectivity index (χ1) is 13.8. The van der Waals surface area contributed by atoms with Crippen molar-refractivity contribution in [1.29, 1.82) is 0 Å². The topological polar surface area (TPSA) is 32.3 Å². The fourth-order valence-electron chi connectivity index (χ4n) is 2.81. The van der Waals surface area contributed by atoms with Crippen molar-refractivity contribution in [3.63, 3.8) is 0 Å². The van der Waals surface area contributed by atoms with Crippen molar-refractivity contribution in [2.45, 2.75) is 82.6 Å². The van der Waals surface area contributed by atoms with Crippen LogP contribution >= 0.6 is 0 Å². The van der Waals surface area contributed by atoms with Gasteiger partial charge in [0.15, 0.2) is 0 Å². The zero-order chi connectivity index (χ0) is 23.1. The molecule has 0 radical (unpaired) electrons. The van der Waals surface area contributed by atoms with Crippen LogP contribution in [0.5, 0.6) is 0 Å². The highest BCUT2D eigenvalue weighted by molar-refractivity contribution is 6.02. The van der Waals surface area contributed by atoms with E-state index in [-0.39, 0.29) is 6.03 Å². The Hall–Kier alpha value is -2.29. The van der Waals surface area contributed by atoms with Crippen LogP contribution in [-0.2, 0) is 0 Å². The number of carbonyl (C=O) groups is 1. The Morgan fingerprint density at radius 1 is 0.759 bits per heavy atom. The number of nitrogens with zero attached hydrogens (tertiary/aromatic N) is 1. The largest absolute Gasteiger partial charge is 0.326 e. The molecule has 0 atom stereocenters. The van der Waals surface area contributed by atoms with Gasteiger partial charge in [0, 0.05) is 12.7 Å². The molecule has 164 valence electrons. The molecule has 29 heavy (non-hydrogen) atoms. The van der Waals surface area contributed by atoms with Crippen molar-refractivity contribution in [3.05, 3.63) is 58.1 Å². The van der Waals surface area contributed by atoms with Crippen LogP contribution in [0.4, 0.5) is 16.2 Å². The van der Waals surface area contributed by atoms with E-state index < -0.39 is 0 Å². The Morgan fingerprint density at radius 3 is 1.48 bits per heavy atom. The first-order valence-electron chi connectivity index (χ1n) is 10.9. The molecule has 0 aromatic heterocycles. The van der Waals surface area contributed by atoms with Gasteiger partial charge in [-0.1, -0.05) is 66.2 Å². The minimum atomic E-state index is -0.125. The Morgan fingerprint density at radius 2 is 1.10 bits per heavy atom. The van der Waals surface area contributed by atoms with Gasteiger partial charge in [0.1, 0.15) is 0 Å². The number of nitrogens with one attached hydrogen (secondary N) is 1. The van der Waals surface area contributed by atoms with Crippen LogP contribution < -0.4 is 10.2 Å². The summed E-state index contributed by atoms with van der Waals surface area (Å²) < 4.78 is 0. The van der Waals surface area contributed by atoms with Crippen molar-refractivity contribution < 1.29 is 4.79 Å². The van der Waals surface area contributed by atoms with Gasteiger partial charge in [0.05, 0.1) is 5.69 Å². The van der Waals surface area contributed by atoms with Gasteiger partial charge in [-0.05, 0) is 74.6 Å². The molecule has 0 unspecified atom stereocenters. The van der Waals surface area contributed by atoms with Crippen molar-refractivity contribution >= 4 is 17.4 Å². The second-order valence-corrected chi connectivity index (χ2v) is 6.54. The lowest BCUT2D eigenvalue weighted by Gasteiger charge is -2.26. The monoisotopic (exact) mass is 400 g/mol. The van der Waals surface area contributed by atoms with Crippen LogP contribution in [0.2, 0.25) is 0 Å². The molecule has 1 N–H and O–H groups in total. The number of urea groups is 1. The molecule has 3 heteroatoms. The number of amides is 2. The number of carbonyl (C=O) groups excluding carboxylic acids is 1. The molecule has 0 aliphatic carbocycles. The average Bonchev–Trinajstić information content (AvgIpc) is 2.75. The highest BCUT2D eigenvalue weighted by Crippen LogP contribution is 2.32. The standard InChI is InChI=1S/C19H24N2O.C3H8.2C2H6/c1-12-13(2)15(4)18(16(5)14(12)3)21(6)19(22)20-17-10-8-7-9-11-17;1-3-2;2*1-2/h7-11H,1-6H3,(H,20,22);3H2,1-2H3;2*1-2H3. The highest BCUT2D eigenvalue weighted by Gasteiger charge is 2.19. The fraction of sp³-hybridized carbons (Fsp3) is 0.500. The Labute approximate surface area is 180 Å². The van der Waals surface area contributed by atoms with Crippen LogP contribution in [0.1, 0.15) is 75.8 Å². The summed E-state index contributed by atoms with van der Waals surface area (Å²) in [6.45, 7) is 22.8. The van der Waals surface area contributed by atoms with Crippen LogP contribution in [0.25, 0.3) is 0 Å². The number of anilines is 2. The number of para-hydroxylation sites is 1. The maximum absolute atomic E-state index is 12.5. The van der Waals surface area contributed by atoms with Crippen LogP contribution in [0, 0.1) is 34.6 Å². The Balaban J connectivity index is 0. The predicted molar refractivity (Wildman–Crippen MR) is 133 cm³/mol. The quantitative estimate of drug-likeness (QED) is 0.539. The molecular weight excluding hydrogens is 356 g/mol. The van der Waals surface area contributed by atoms with E-state index in [4.69, 9.17) is 0 Å². The summed E-state index contributed by atoms with van der Waals surface area (Å²) in [5.74, 6) is 0. The molecule has 3 nitrogen and oxygen atoms in total. The fourth-order valence-corrected chi connectivity index (χ4v) is 2.81. The molecule has 2 amide bonds. The van der Waals surface area contributed by atoms with E-state index in [0.717, 1.165) is 22.5 Å². The third-order valence-corrected chi connectivity index (χ3v) is 4.63. The highest BCUT2D eigenvalue weighted by atomic mass is 16.2. The molecule has 0 bridgehead atoms. The molecule has 0 fully saturated rings. The maximum atomic E-state index is 12.5. The van der Waals surface area contributed by atoms with Crippen LogP contribution in [0.3, 0.4) is 0 Å². The van der Waals surface area contributed by atoms with Gasteiger partial charge in [0.2, 0.25) is 0 Å². The molecule has 0 spiro atoms. The van der Waals surface area contributed by atoms with Crippen molar-refractivity contribution in [1.82, 2.24) is 0 Å². The molecule has 0 heterocycles.